The van der Waals surface area contributed by atoms with Gasteiger partial charge >= 0.3 is 0 Å². The number of hydrogen-bond acceptors (Lipinski definition) is 6. The van der Waals surface area contributed by atoms with Gasteiger partial charge in [0.05, 0.1) is 12.6 Å². The standard InChI is InChI=1S/C29H38F2N8O3/c1-18(2)15-23-29(42)32-20(4)28-34-27(21-9-6-5-7-10-21)36-38(28)14-13-37(12-8-11-24(40)33-23)25(41)17-39-19(3)16-22(35-39)26(30)31/h5-7,9-10,16,18,20,23,26H,8,11-15,17H2,1-4H3,(H,32,42)(H,33,40)/t20-,23-/m1/s1. The summed E-state index contributed by atoms with van der Waals surface area (Å²) in [6.45, 7) is 7.91. The molecule has 0 spiro atoms. The Balaban J connectivity index is 1.64. The number of rotatable bonds is 6. The van der Waals surface area contributed by atoms with Crippen LogP contribution >= 0.6 is 0 Å². The fourth-order valence-electron chi connectivity index (χ4n) is 4.93. The van der Waals surface area contributed by atoms with E-state index in [1.54, 1.807) is 23.4 Å². The summed E-state index contributed by atoms with van der Waals surface area (Å²) in [5, 5.41) is 14.4. The van der Waals surface area contributed by atoms with E-state index < -0.39 is 18.5 Å². The van der Waals surface area contributed by atoms with Crippen LogP contribution < -0.4 is 10.6 Å². The molecule has 1 aliphatic rings. The van der Waals surface area contributed by atoms with E-state index in [9.17, 15) is 23.2 Å². The van der Waals surface area contributed by atoms with E-state index >= 15 is 0 Å². The number of carbonyl (C=O) groups is 3. The van der Waals surface area contributed by atoms with E-state index in [1.807, 2.05) is 44.2 Å². The number of hydrogen-bond donors (Lipinski definition) is 2. The summed E-state index contributed by atoms with van der Waals surface area (Å²) >= 11 is 0. The van der Waals surface area contributed by atoms with Crippen LogP contribution in [-0.4, -0.2) is 66.3 Å². The van der Waals surface area contributed by atoms with Gasteiger partial charge in [-0.1, -0.05) is 44.2 Å². The molecule has 0 bridgehead atoms. The highest BCUT2D eigenvalue weighted by atomic mass is 19.3. The Bertz CT molecular complexity index is 1390. The van der Waals surface area contributed by atoms with E-state index in [1.165, 1.54) is 10.7 Å². The number of amides is 3. The molecule has 0 aliphatic carbocycles. The lowest BCUT2D eigenvalue weighted by molar-refractivity contribution is -0.133. The second-order valence-electron chi connectivity index (χ2n) is 11.0. The van der Waals surface area contributed by atoms with Gasteiger partial charge in [0.1, 0.15) is 24.1 Å². The van der Waals surface area contributed by atoms with Crippen LogP contribution in [0.5, 0.6) is 0 Å². The first kappa shape index (κ1) is 30.8. The van der Waals surface area contributed by atoms with Gasteiger partial charge in [0.25, 0.3) is 6.43 Å². The lowest BCUT2D eigenvalue weighted by Crippen LogP contribution is -2.48. The molecule has 0 saturated carbocycles. The molecule has 3 heterocycles. The predicted molar refractivity (Wildman–Crippen MR) is 151 cm³/mol. The summed E-state index contributed by atoms with van der Waals surface area (Å²) in [5.41, 5.74) is 0.869. The number of nitrogens with zero attached hydrogens (tertiary/aromatic N) is 6. The van der Waals surface area contributed by atoms with Gasteiger partial charge in [0.15, 0.2) is 5.82 Å². The molecule has 226 valence electrons. The second-order valence-corrected chi connectivity index (χ2v) is 11.0. The molecular weight excluding hydrogens is 546 g/mol. The van der Waals surface area contributed by atoms with E-state index in [2.05, 4.69) is 15.7 Å². The van der Waals surface area contributed by atoms with E-state index in [0.717, 1.165) is 5.56 Å². The molecule has 42 heavy (non-hydrogen) atoms. The van der Waals surface area contributed by atoms with Crippen LogP contribution in [0.2, 0.25) is 0 Å². The third-order valence-electron chi connectivity index (χ3n) is 7.11. The molecule has 0 fully saturated rings. The number of carbonyl (C=O) groups excluding carboxylic acids is 3. The van der Waals surface area contributed by atoms with Crippen molar-refractivity contribution in [2.24, 2.45) is 5.92 Å². The van der Waals surface area contributed by atoms with Crippen LogP contribution in [0.25, 0.3) is 11.4 Å². The minimum Gasteiger partial charge on any atom is -0.345 e. The van der Waals surface area contributed by atoms with E-state index in [4.69, 9.17) is 10.1 Å². The molecule has 4 rings (SSSR count). The highest BCUT2D eigenvalue weighted by molar-refractivity contribution is 5.87. The Kier molecular flexibility index (Phi) is 10.0. The van der Waals surface area contributed by atoms with E-state index in [-0.39, 0.29) is 61.9 Å². The molecule has 3 amide bonds. The zero-order valence-corrected chi connectivity index (χ0v) is 24.4. The molecule has 2 atom stereocenters. The van der Waals surface area contributed by atoms with Crippen LogP contribution in [0, 0.1) is 12.8 Å². The van der Waals surface area contributed by atoms with Gasteiger partial charge in [-0.15, -0.1) is 0 Å². The molecule has 11 nitrogen and oxygen atoms in total. The first-order valence-electron chi connectivity index (χ1n) is 14.2. The molecule has 0 radical (unpaired) electrons. The second kappa shape index (κ2) is 13.7. The third-order valence-corrected chi connectivity index (χ3v) is 7.11. The molecular formula is C29H38F2N8O3. The Labute approximate surface area is 243 Å². The maximum atomic E-state index is 13.4. The maximum absolute atomic E-state index is 13.4. The minimum absolute atomic E-state index is 0.115. The normalized spacial score (nSPS) is 18.9. The van der Waals surface area contributed by atoms with Crippen molar-refractivity contribution in [2.75, 3.05) is 13.1 Å². The van der Waals surface area contributed by atoms with Gasteiger partial charge in [0, 0.05) is 30.8 Å². The smallest absolute Gasteiger partial charge is 0.282 e. The quantitative estimate of drug-likeness (QED) is 0.457. The Morgan fingerprint density at radius 2 is 1.81 bits per heavy atom. The Morgan fingerprint density at radius 1 is 1.07 bits per heavy atom. The first-order valence-corrected chi connectivity index (χ1v) is 14.2. The molecule has 13 heteroatoms. The van der Waals surface area contributed by atoms with Crippen molar-refractivity contribution < 1.29 is 23.2 Å². The predicted octanol–water partition coefficient (Wildman–Crippen LogP) is 3.42. The average Bonchev–Trinajstić information content (AvgIpc) is 3.53. The van der Waals surface area contributed by atoms with Crippen LogP contribution in [0.4, 0.5) is 8.78 Å². The number of fused-ring (bicyclic) bond motifs is 1. The summed E-state index contributed by atoms with van der Waals surface area (Å²) in [6, 6.07) is 9.43. The lowest BCUT2D eigenvalue weighted by Gasteiger charge is -2.26. The molecule has 0 saturated heterocycles. The van der Waals surface area contributed by atoms with Crippen molar-refractivity contribution in [3.8, 4) is 11.4 Å². The van der Waals surface area contributed by atoms with Gasteiger partial charge in [0.2, 0.25) is 17.7 Å². The summed E-state index contributed by atoms with van der Waals surface area (Å²) in [4.78, 5) is 45.8. The minimum atomic E-state index is -2.74. The van der Waals surface area contributed by atoms with Gasteiger partial charge in [-0.3, -0.25) is 19.1 Å². The van der Waals surface area contributed by atoms with E-state index in [0.29, 0.717) is 30.2 Å². The maximum Gasteiger partial charge on any atom is 0.282 e. The number of alkyl halides is 2. The first-order chi connectivity index (χ1) is 20.0. The number of aryl methyl sites for hydroxylation is 1. The summed E-state index contributed by atoms with van der Waals surface area (Å²) in [7, 11) is 0. The van der Waals surface area contributed by atoms with Crippen LogP contribution in [0.3, 0.4) is 0 Å². The molecule has 3 aromatic rings. The fourth-order valence-corrected chi connectivity index (χ4v) is 4.93. The average molecular weight is 585 g/mol. The zero-order chi connectivity index (χ0) is 30.4. The number of halogens is 2. The third kappa shape index (κ3) is 7.77. The van der Waals surface area contributed by atoms with Crippen molar-refractivity contribution >= 4 is 17.7 Å². The highest BCUT2D eigenvalue weighted by Crippen LogP contribution is 2.21. The van der Waals surface area contributed by atoms with Crippen molar-refractivity contribution in [1.82, 2.24) is 40.1 Å². The highest BCUT2D eigenvalue weighted by Gasteiger charge is 2.27. The monoisotopic (exact) mass is 584 g/mol. The number of aromatic nitrogens is 5. The summed E-state index contributed by atoms with van der Waals surface area (Å²) in [5.74, 6) is 0.240. The zero-order valence-electron chi connectivity index (χ0n) is 24.4. The van der Waals surface area contributed by atoms with Gasteiger partial charge in [-0.2, -0.15) is 10.2 Å². The van der Waals surface area contributed by atoms with Crippen LogP contribution in [-0.2, 0) is 27.5 Å². The Morgan fingerprint density at radius 3 is 2.48 bits per heavy atom. The SMILES string of the molecule is Cc1cc(C(F)F)nn1CC(=O)N1CCCC(=O)N[C@H](CC(C)C)C(=O)N[C@H](C)c2nc(-c3ccccc3)nn2CC1. The Hall–Kier alpha value is -4.16. The lowest BCUT2D eigenvalue weighted by atomic mass is 10.0. The van der Waals surface area contributed by atoms with Crippen LogP contribution in [0.15, 0.2) is 36.4 Å². The summed E-state index contributed by atoms with van der Waals surface area (Å²) < 4.78 is 29.3. The van der Waals surface area contributed by atoms with Crippen LogP contribution in [0.1, 0.15) is 69.7 Å². The molecule has 2 N–H and O–H groups in total. The number of benzene rings is 1. The fraction of sp³-hybridized carbons (Fsp3) is 0.517. The van der Waals surface area contributed by atoms with Crippen molar-refractivity contribution in [3.05, 3.63) is 53.6 Å². The summed E-state index contributed by atoms with van der Waals surface area (Å²) in [6.07, 6.45) is -1.81. The van der Waals surface area contributed by atoms with Crippen molar-refractivity contribution in [2.45, 2.75) is 78.6 Å². The number of nitrogens with one attached hydrogen (secondary N) is 2. The molecule has 1 aromatic carbocycles. The molecule has 0 unspecified atom stereocenters. The molecule has 1 aliphatic heterocycles. The van der Waals surface area contributed by atoms with Gasteiger partial charge < -0.3 is 15.5 Å². The molecule has 2 aromatic heterocycles. The largest absolute Gasteiger partial charge is 0.345 e. The van der Waals surface area contributed by atoms with Gasteiger partial charge in [-0.25, -0.2) is 18.4 Å². The topological polar surface area (TPSA) is 127 Å². The van der Waals surface area contributed by atoms with Crippen molar-refractivity contribution in [1.29, 1.82) is 0 Å². The van der Waals surface area contributed by atoms with Gasteiger partial charge in [-0.05, 0) is 38.7 Å². The van der Waals surface area contributed by atoms with Crippen molar-refractivity contribution in [3.63, 3.8) is 0 Å².